The van der Waals surface area contributed by atoms with E-state index in [0.717, 1.165) is 0 Å². The second-order valence-corrected chi connectivity index (χ2v) is 7.02. The van der Waals surface area contributed by atoms with Crippen LogP contribution in [0.25, 0.3) is 0 Å². The molecule has 0 saturated carbocycles. The molecule has 144 valence electrons. The number of hydrogen-bond acceptors (Lipinski definition) is 5. The molecule has 0 atom stereocenters. The molecule has 1 aromatic carbocycles. The number of anilines is 1. The fourth-order valence-corrected chi connectivity index (χ4v) is 2.17. The van der Waals surface area contributed by atoms with Crippen LogP contribution in [0.5, 0.6) is 0 Å². The minimum absolute atomic E-state index is 0.218. The number of nitrogens with zero attached hydrogens (tertiary/aromatic N) is 2. The summed E-state index contributed by atoms with van der Waals surface area (Å²) in [5.74, 6) is 0.146. The lowest BCUT2D eigenvalue weighted by molar-refractivity contribution is -0.113. The molecule has 0 aliphatic heterocycles. The van der Waals surface area contributed by atoms with Crippen LogP contribution >= 0.6 is 0 Å². The van der Waals surface area contributed by atoms with Crippen LogP contribution in [0.3, 0.4) is 0 Å². The van der Waals surface area contributed by atoms with Gasteiger partial charge in [0.05, 0.1) is 12.1 Å². The topological polar surface area (TPSA) is 84.7 Å². The van der Waals surface area contributed by atoms with E-state index in [2.05, 4.69) is 17.1 Å². The molecule has 0 spiro atoms. The Labute approximate surface area is 159 Å². The third-order valence-electron chi connectivity index (χ3n) is 3.71. The Morgan fingerprint density at radius 2 is 1.96 bits per heavy atom. The molecule has 0 bridgehead atoms. The Hall–Kier alpha value is -2.93. The quantitative estimate of drug-likeness (QED) is 0.756. The molecule has 1 aromatic heterocycles. The van der Waals surface area contributed by atoms with Crippen LogP contribution in [0.1, 0.15) is 42.6 Å². The summed E-state index contributed by atoms with van der Waals surface area (Å²) in [6.45, 7) is 9.90. The van der Waals surface area contributed by atoms with Crippen molar-refractivity contribution in [2.24, 2.45) is 0 Å². The zero-order valence-corrected chi connectivity index (χ0v) is 16.1. The van der Waals surface area contributed by atoms with Gasteiger partial charge in [-0.3, -0.25) is 9.59 Å². The van der Waals surface area contributed by atoms with Crippen molar-refractivity contribution in [2.45, 2.75) is 39.5 Å². The summed E-state index contributed by atoms with van der Waals surface area (Å²) >= 11 is 0. The molecule has 7 nitrogen and oxygen atoms in total. The van der Waals surface area contributed by atoms with Gasteiger partial charge < -0.3 is 19.5 Å². The third-order valence-corrected chi connectivity index (χ3v) is 3.71. The molecule has 7 heteroatoms. The molecule has 1 heterocycles. The first-order valence-electron chi connectivity index (χ1n) is 8.56. The summed E-state index contributed by atoms with van der Waals surface area (Å²) in [6, 6.07) is 8.47. The van der Waals surface area contributed by atoms with Gasteiger partial charge in [0.1, 0.15) is 12.3 Å². The Bertz CT molecular complexity index is 803. The van der Waals surface area contributed by atoms with E-state index in [1.807, 2.05) is 20.8 Å². The predicted octanol–water partition coefficient (Wildman–Crippen LogP) is 3.07. The second kappa shape index (κ2) is 8.64. The van der Waals surface area contributed by atoms with Crippen molar-refractivity contribution in [2.75, 3.05) is 11.9 Å². The lowest BCUT2D eigenvalue weighted by Crippen LogP contribution is -2.25. The molecule has 27 heavy (non-hydrogen) atoms. The summed E-state index contributed by atoms with van der Waals surface area (Å²) in [5, 5.41) is 6.71. The van der Waals surface area contributed by atoms with Crippen molar-refractivity contribution in [3.05, 3.63) is 60.0 Å². The summed E-state index contributed by atoms with van der Waals surface area (Å²) in [7, 11) is 1.64. The van der Waals surface area contributed by atoms with Crippen molar-refractivity contribution in [3.63, 3.8) is 0 Å². The Kier molecular flexibility index (Phi) is 6.52. The highest BCUT2D eigenvalue weighted by Gasteiger charge is 2.14. The molecule has 0 radical (unpaired) electrons. The molecule has 2 aromatic rings. The summed E-state index contributed by atoms with van der Waals surface area (Å²) in [6.07, 6.45) is 1.24. The molecule has 0 fully saturated rings. The maximum atomic E-state index is 12.3. The Balaban J connectivity index is 1.89. The van der Waals surface area contributed by atoms with Crippen molar-refractivity contribution >= 4 is 17.5 Å². The minimum Gasteiger partial charge on any atom is -0.368 e. The molecule has 2 rings (SSSR count). The van der Waals surface area contributed by atoms with Crippen molar-refractivity contribution in [1.82, 2.24) is 10.5 Å². The van der Waals surface area contributed by atoms with Crippen molar-refractivity contribution in [1.29, 1.82) is 0 Å². The van der Waals surface area contributed by atoms with E-state index < -0.39 is 0 Å². The number of carbonyl (C=O) groups excluding carboxylic acids is 2. The number of aromatic nitrogens is 1. The largest absolute Gasteiger partial charge is 0.368 e. The standard InChI is InChI=1S/C20H25N3O4/c1-6-18(24)23(5)16-9-7-14(8-10-16)19(25)21-12-15-11-17(27-22-15)13-26-20(2,3)4/h6-11H,1,12-13H2,2-5H3,(H,21,25). The van der Waals surface area contributed by atoms with Gasteiger partial charge in [0, 0.05) is 24.4 Å². The van der Waals surface area contributed by atoms with Gasteiger partial charge in [-0.2, -0.15) is 0 Å². The summed E-state index contributed by atoms with van der Waals surface area (Å²) in [5.41, 5.74) is 1.51. The first kappa shape index (κ1) is 20.4. The molecule has 0 unspecified atom stereocenters. The molecule has 2 amide bonds. The highest BCUT2D eigenvalue weighted by atomic mass is 16.5. The van der Waals surface area contributed by atoms with Gasteiger partial charge >= 0.3 is 0 Å². The number of likely N-dealkylation sites (N-methyl/N-ethyl adjacent to an activating group) is 1. The van der Waals surface area contributed by atoms with Crippen LogP contribution < -0.4 is 10.2 Å². The molecule has 0 saturated heterocycles. The van der Waals surface area contributed by atoms with Gasteiger partial charge in [-0.1, -0.05) is 11.7 Å². The molecular weight excluding hydrogens is 346 g/mol. The van der Waals surface area contributed by atoms with E-state index in [1.165, 1.54) is 11.0 Å². The van der Waals surface area contributed by atoms with E-state index in [0.29, 0.717) is 29.3 Å². The van der Waals surface area contributed by atoms with Crippen LogP contribution in [0.4, 0.5) is 5.69 Å². The molecule has 0 aliphatic rings. The normalized spacial score (nSPS) is 11.1. The number of carbonyl (C=O) groups is 2. The molecule has 1 N–H and O–H groups in total. The van der Waals surface area contributed by atoms with Crippen LogP contribution in [-0.2, 0) is 22.7 Å². The van der Waals surface area contributed by atoms with Gasteiger partial charge in [-0.15, -0.1) is 0 Å². The SMILES string of the molecule is C=CC(=O)N(C)c1ccc(C(=O)NCc2cc(COC(C)(C)C)on2)cc1. The number of benzene rings is 1. The van der Waals surface area contributed by atoms with Gasteiger partial charge in [-0.25, -0.2) is 0 Å². The Morgan fingerprint density at radius 3 is 2.56 bits per heavy atom. The van der Waals surface area contributed by atoms with E-state index in [-0.39, 0.29) is 24.0 Å². The number of ether oxygens (including phenoxy) is 1. The lowest BCUT2D eigenvalue weighted by atomic mass is 10.2. The molecule has 0 aliphatic carbocycles. The van der Waals surface area contributed by atoms with Crippen LogP contribution in [0, 0.1) is 0 Å². The van der Waals surface area contributed by atoms with E-state index >= 15 is 0 Å². The van der Waals surface area contributed by atoms with Crippen molar-refractivity contribution in [3.8, 4) is 0 Å². The van der Waals surface area contributed by atoms with E-state index in [9.17, 15) is 9.59 Å². The number of nitrogens with one attached hydrogen (secondary N) is 1. The predicted molar refractivity (Wildman–Crippen MR) is 102 cm³/mol. The van der Waals surface area contributed by atoms with E-state index in [1.54, 1.807) is 37.4 Å². The minimum atomic E-state index is -0.266. The number of amides is 2. The number of hydrogen-bond donors (Lipinski definition) is 1. The highest BCUT2D eigenvalue weighted by molar-refractivity contribution is 6.01. The van der Waals surface area contributed by atoms with Crippen LogP contribution in [0.15, 0.2) is 47.5 Å². The van der Waals surface area contributed by atoms with Gasteiger partial charge in [0.25, 0.3) is 5.91 Å². The fraction of sp³-hybridized carbons (Fsp3) is 0.350. The van der Waals surface area contributed by atoms with Gasteiger partial charge in [-0.05, 0) is 51.1 Å². The summed E-state index contributed by atoms with van der Waals surface area (Å²) in [4.78, 5) is 25.3. The average Bonchev–Trinajstić information content (AvgIpc) is 3.10. The average molecular weight is 371 g/mol. The fourth-order valence-electron chi connectivity index (χ4n) is 2.17. The lowest BCUT2D eigenvalue weighted by Gasteiger charge is -2.17. The van der Waals surface area contributed by atoms with Gasteiger partial charge in [0.15, 0.2) is 5.76 Å². The maximum absolute atomic E-state index is 12.3. The second-order valence-electron chi connectivity index (χ2n) is 7.02. The zero-order valence-electron chi connectivity index (χ0n) is 16.1. The van der Waals surface area contributed by atoms with Crippen LogP contribution in [-0.4, -0.2) is 29.6 Å². The van der Waals surface area contributed by atoms with Crippen LogP contribution in [0.2, 0.25) is 0 Å². The number of rotatable bonds is 7. The third kappa shape index (κ3) is 6.07. The first-order chi connectivity index (χ1) is 12.7. The zero-order chi connectivity index (χ0) is 20.0. The monoisotopic (exact) mass is 371 g/mol. The van der Waals surface area contributed by atoms with E-state index in [4.69, 9.17) is 9.26 Å². The van der Waals surface area contributed by atoms with Gasteiger partial charge in [0.2, 0.25) is 5.91 Å². The summed E-state index contributed by atoms with van der Waals surface area (Å²) < 4.78 is 10.8. The highest BCUT2D eigenvalue weighted by Crippen LogP contribution is 2.15. The maximum Gasteiger partial charge on any atom is 0.251 e. The smallest absolute Gasteiger partial charge is 0.251 e. The van der Waals surface area contributed by atoms with Crippen molar-refractivity contribution < 1.29 is 18.8 Å². The Morgan fingerprint density at radius 1 is 1.30 bits per heavy atom. The molecular formula is C20H25N3O4. The first-order valence-corrected chi connectivity index (χ1v) is 8.56.